The Morgan fingerprint density at radius 3 is 2.52 bits per heavy atom. The predicted molar refractivity (Wildman–Crippen MR) is 97.2 cm³/mol. The summed E-state index contributed by atoms with van der Waals surface area (Å²) in [5.41, 5.74) is 1.40. The van der Waals surface area contributed by atoms with Gasteiger partial charge in [-0.05, 0) is 57.7 Å². The lowest BCUT2D eigenvalue weighted by molar-refractivity contribution is -0.0121. The largest absolute Gasteiger partial charge is 0.497 e. The minimum atomic E-state index is -0.554. The van der Waals surface area contributed by atoms with Crippen LogP contribution in [0.2, 0.25) is 0 Å². The maximum Gasteiger partial charge on any atom is 0.412 e. The molecular weight excluding hydrogens is 318 g/mol. The molecule has 0 spiro atoms. The molecule has 5 nitrogen and oxygen atoms in total. The van der Waals surface area contributed by atoms with Crippen LogP contribution in [0.4, 0.5) is 4.79 Å². The molecule has 0 bridgehead atoms. The van der Waals surface area contributed by atoms with Crippen LogP contribution in [0.5, 0.6) is 5.75 Å². The molecule has 1 radical (unpaired) electrons. The normalized spacial score (nSPS) is 20.9. The summed E-state index contributed by atoms with van der Waals surface area (Å²) in [6, 6.07) is 5.67. The van der Waals surface area contributed by atoms with Crippen LogP contribution in [0.25, 0.3) is 0 Å². The van der Waals surface area contributed by atoms with Crippen molar-refractivity contribution in [2.75, 3.05) is 7.11 Å². The van der Waals surface area contributed by atoms with E-state index in [4.69, 9.17) is 14.2 Å². The summed E-state index contributed by atoms with van der Waals surface area (Å²) in [6.07, 6.45) is -0.0121. The van der Waals surface area contributed by atoms with Gasteiger partial charge in [-0.2, -0.15) is 0 Å². The number of amides is 1. The first-order valence-electron chi connectivity index (χ1n) is 8.77. The lowest BCUT2D eigenvalue weighted by Crippen LogP contribution is -2.42. The number of nitrogens with zero attached hydrogens (tertiary/aromatic N) is 1. The number of carbonyl (C=O) groups excluding carboxylic acids is 1. The van der Waals surface area contributed by atoms with E-state index in [1.807, 2.05) is 45.9 Å². The molecule has 1 aliphatic rings. The van der Waals surface area contributed by atoms with Gasteiger partial charge in [-0.25, -0.2) is 4.79 Å². The van der Waals surface area contributed by atoms with Crippen molar-refractivity contribution in [2.24, 2.45) is 5.92 Å². The first-order valence-corrected chi connectivity index (χ1v) is 8.77. The third-order valence-electron chi connectivity index (χ3n) is 4.03. The Hall–Kier alpha value is -1.75. The third-order valence-corrected chi connectivity index (χ3v) is 4.03. The van der Waals surface area contributed by atoms with Crippen molar-refractivity contribution in [1.82, 2.24) is 4.90 Å². The summed E-state index contributed by atoms with van der Waals surface area (Å²) >= 11 is 0. The Morgan fingerprint density at radius 1 is 1.32 bits per heavy atom. The van der Waals surface area contributed by atoms with Crippen LogP contribution < -0.4 is 4.74 Å². The lowest BCUT2D eigenvalue weighted by Gasteiger charge is -2.32. The van der Waals surface area contributed by atoms with Gasteiger partial charge in [0.1, 0.15) is 18.0 Å². The molecule has 25 heavy (non-hydrogen) atoms. The minimum Gasteiger partial charge on any atom is -0.497 e. The van der Waals surface area contributed by atoms with E-state index in [0.29, 0.717) is 5.92 Å². The minimum absolute atomic E-state index is 0.110. The first kappa shape index (κ1) is 19.6. The molecule has 0 aliphatic carbocycles. The fourth-order valence-electron chi connectivity index (χ4n) is 2.94. The number of hydrogen-bond acceptors (Lipinski definition) is 4. The summed E-state index contributed by atoms with van der Waals surface area (Å²) in [7, 11) is 1.64. The Morgan fingerprint density at radius 2 is 2.00 bits per heavy atom. The molecule has 1 heterocycles. The van der Waals surface area contributed by atoms with Gasteiger partial charge in [0.2, 0.25) is 0 Å². The number of hydrogen-bond donors (Lipinski definition) is 0. The van der Waals surface area contributed by atoms with E-state index in [-0.39, 0.29) is 12.1 Å². The second-order valence-corrected chi connectivity index (χ2v) is 7.93. The van der Waals surface area contributed by atoms with E-state index in [2.05, 4.69) is 13.8 Å². The first-order chi connectivity index (χ1) is 11.6. The summed E-state index contributed by atoms with van der Waals surface area (Å²) in [4.78, 5) is 14.6. The fraction of sp³-hybridized carbons (Fsp3) is 0.600. The van der Waals surface area contributed by atoms with E-state index < -0.39 is 11.8 Å². The van der Waals surface area contributed by atoms with Gasteiger partial charge in [0, 0.05) is 5.56 Å². The summed E-state index contributed by atoms with van der Waals surface area (Å²) < 4.78 is 16.8. The Bertz CT molecular complexity index is 606. The zero-order valence-electron chi connectivity index (χ0n) is 16.3. The molecule has 1 fully saturated rings. The second-order valence-electron chi connectivity index (χ2n) is 7.93. The van der Waals surface area contributed by atoms with Crippen LogP contribution in [0.3, 0.4) is 0 Å². The molecular formula is C20H30NO4. The Kier molecular flexibility index (Phi) is 5.99. The molecule has 2 unspecified atom stereocenters. The van der Waals surface area contributed by atoms with Gasteiger partial charge in [0.25, 0.3) is 0 Å². The van der Waals surface area contributed by atoms with Crippen LogP contribution in [0.15, 0.2) is 18.2 Å². The van der Waals surface area contributed by atoms with E-state index >= 15 is 0 Å². The van der Waals surface area contributed by atoms with Gasteiger partial charge in [-0.3, -0.25) is 4.90 Å². The summed E-state index contributed by atoms with van der Waals surface area (Å²) in [6.45, 7) is 13.6. The third kappa shape index (κ3) is 4.88. The summed E-state index contributed by atoms with van der Waals surface area (Å²) in [5.74, 6) is 1.22. The van der Waals surface area contributed by atoms with Crippen molar-refractivity contribution in [2.45, 2.75) is 65.8 Å². The monoisotopic (exact) mass is 348 g/mol. The van der Waals surface area contributed by atoms with Crippen molar-refractivity contribution in [3.05, 3.63) is 35.9 Å². The van der Waals surface area contributed by atoms with Gasteiger partial charge >= 0.3 is 6.09 Å². The van der Waals surface area contributed by atoms with Crippen LogP contribution >= 0.6 is 0 Å². The van der Waals surface area contributed by atoms with Gasteiger partial charge < -0.3 is 14.2 Å². The van der Waals surface area contributed by atoms with Gasteiger partial charge in [0.05, 0.1) is 13.2 Å². The maximum absolute atomic E-state index is 12.9. The van der Waals surface area contributed by atoms with Gasteiger partial charge in [0.15, 0.2) is 6.23 Å². The molecule has 1 amide bonds. The molecule has 1 aromatic carbocycles. The summed E-state index contributed by atoms with van der Waals surface area (Å²) in [5, 5.41) is 0. The SMILES string of the molecule is COc1ccc(C2O[CH]C(CC(C)C)N2C(=O)OC(C)(C)C)c(C)c1. The quantitative estimate of drug-likeness (QED) is 0.781. The number of carbonyl (C=O) groups is 1. The average molecular weight is 348 g/mol. The highest BCUT2D eigenvalue weighted by molar-refractivity contribution is 5.70. The van der Waals surface area contributed by atoms with E-state index in [1.165, 1.54) is 0 Å². The van der Waals surface area contributed by atoms with E-state index in [9.17, 15) is 4.79 Å². The number of rotatable bonds is 4. The zero-order valence-corrected chi connectivity index (χ0v) is 16.3. The van der Waals surface area contributed by atoms with Crippen molar-refractivity contribution in [3.8, 4) is 5.75 Å². The molecule has 2 atom stereocenters. The lowest BCUT2D eigenvalue weighted by atomic mass is 10.0. The molecule has 2 rings (SSSR count). The molecule has 1 aliphatic heterocycles. The molecule has 5 heteroatoms. The standard InChI is InChI=1S/C20H30NO4/c1-13(2)10-15-12-24-18(21(15)19(22)25-20(4,5)6)17-9-8-16(23-7)11-14(17)3/h8-9,11-13,15,18H,10H2,1-7H3. The highest BCUT2D eigenvalue weighted by Crippen LogP contribution is 2.38. The van der Waals surface area contributed by atoms with Gasteiger partial charge in [-0.1, -0.05) is 19.9 Å². The average Bonchev–Trinajstić information content (AvgIpc) is 2.87. The predicted octanol–water partition coefficient (Wildman–Crippen LogP) is 4.85. The number of aryl methyl sites for hydroxylation is 1. The highest BCUT2D eigenvalue weighted by Gasteiger charge is 2.42. The van der Waals surface area contributed by atoms with E-state index in [0.717, 1.165) is 23.3 Å². The smallest absolute Gasteiger partial charge is 0.412 e. The molecule has 0 N–H and O–H groups in total. The number of ether oxygens (including phenoxy) is 3. The number of methoxy groups -OCH3 is 1. The van der Waals surface area contributed by atoms with Crippen LogP contribution in [-0.2, 0) is 9.47 Å². The van der Waals surface area contributed by atoms with E-state index in [1.54, 1.807) is 18.6 Å². The number of benzene rings is 1. The molecule has 1 saturated heterocycles. The Labute approximate surface area is 151 Å². The molecule has 0 aromatic heterocycles. The second kappa shape index (κ2) is 7.65. The van der Waals surface area contributed by atoms with Crippen molar-refractivity contribution in [3.63, 3.8) is 0 Å². The van der Waals surface area contributed by atoms with Gasteiger partial charge in [-0.15, -0.1) is 0 Å². The van der Waals surface area contributed by atoms with Crippen LogP contribution in [0.1, 0.15) is 58.4 Å². The Balaban J connectivity index is 2.33. The molecule has 1 aromatic rings. The molecule has 0 saturated carbocycles. The molecule has 139 valence electrons. The van der Waals surface area contributed by atoms with Crippen LogP contribution in [0, 0.1) is 19.4 Å². The van der Waals surface area contributed by atoms with Crippen molar-refractivity contribution in [1.29, 1.82) is 0 Å². The fourth-order valence-corrected chi connectivity index (χ4v) is 2.94. The zero-order chi connectivity index (χ0) is 18.8. The van der Waals surface area contributed by atoms with Crippen molar-refractivity contribution < 1.29 is 19.0 Å². The van der Waals surface area contributed by atoms with Crippen molar-refractivity contribution >= 4 is 6.09 Å². The topological polar surface area (TPSA) is 48.0 Å². The highest BCUT2D eigenvalue weighted by atomic mass is 16.6. The maximum atomic E-state index is 12.9. The van der Waals surface area contributed by atoms with Crippen LogP contribution in [-0.4, -0.2) is 29.7 Å².